The average molecular weight is 342 g/mol. The van der Waals surface area contributed by atoms with Crippen molar-refractivity contribution < 1.29 is 14.9 Å². The summed E-state index contributed by atoms with van der Waals surface area (Å²) in [6.07, 6.45) is -1.51. The van der Waals surface area contributed by atoms with Gasteiger partial charge in [-0.2, -0.15) is 0 Å². The summed E-state index contributed by atoms with van der Waals surface area (Å²) >= 11 is 8.82. The fraction of sp³-hybridized carbons (Fsp3) is 0.556. The number of nitrogens with one attached hydrogen (secondary N) is 1. The van der Waals surface area contributed by atoms with Crippen LogP contribution >= 0.6 is 27.5 Å². The number of halogens is 2. The molecule has 100 valence electrons. The van der Waals surface area contributed by atoms with Crippen molar-refractivity contribution in [1.29, 1.82) is 0 Å². The van der Waals surface area contributed by atoms with E-state index in [-0.39, 0.29) is 11.6 Å². The number of nitrogens with zero attached hydrogens (tertiary/aromatic N) is 1. The number of aliphatic hydroxyl groups is 2. The molecule has 1 aliphatic rings. The predicted octanol–water partition coefficient (Wildman–Crippen LogP) is -0.796. The van der Waals surface area contributed by atoms with Gasteiger partial charge in [0.2, 0.25) is 0 Å². The maximum Gasteiger partial charge on any atom is 0.330 e. The van der Waals surface area contributed by atoms with Gasteiger partial charge in [0.25, 0.3) is 5.56 Å². The molecule has 7 nitrogen and oxygen atoms in total. The topological polar surface area (TPSA) is 105 Å². The molecule has 4 atom stereocenters. The first kappa shape index (κ1) is 13.8. The lowest BCUT2D eigenvalue weighted by Gasteiger charge is -2.16. The van der Waals surface area contributed by atoms with Crippen molar-refractivity contribution in [2.24, 2.45) is 0 Å². The number of hydrogen-bond donors (Lipinski definition) is 3. The minimum absolute atomic E-state index is 0.167. The Bertz CT molecular complexity index is 559. The number of hydrogen-bond acceptors (Lipinski definition) is 5. The number of H-pyrrole nitrogens is 1. The lowest BCUT2D eigenvalue weighted by Crippen LogP contribution is -2.35. The quantitative estimate of drug-likeness (QED) is 0.611. The lowest BCUT2D eigenvalue weighted by molar-refractivity contribution is -0.0456. The minimum Gasteiger partial charge on any atom is -0.394 e. The van der Waals surface area contributed by atoms with Crippen LogP contribution in [0, 0.1) is 0 Å². The highest BCUT2D eigenvalue weighted by Crippen LogP contribution is 2.33. The Balaban J connectivity index is 2.42. The largest absolute Gasteiger partial charge is 0.394 e. The van der Waals surface area contributed by atoms with Gasteiger partial charge in [-0.15, -0.1) is 0 Å². The maximum absolute atomic E-state index is 11.6. The predicted molar refractivity (Wildman–Crippen MR) is 66.1 cm³/mol. The van der Waals surface area contributed by atoms with E-state index in [0.717, 1.165) is 10.8 Å². The van der Waals surface area contributed by atoms with Crippen LogP contribution < -0.4 is 11.2 Å². The molecule has 1 aromatic heterocycles. The van der Waals surface area contributed by atoms with Crippen molar-refractivity contribution in [2.75, 3.05) is 6.61 Å². The Kier molecular flexibility index (Phi) is 3.93. The molecule has 18 heavy (non-hydrogen) atoms. The molecule has 9 heteroatoms. The number of ether oxygens (including phenoxy) is 1. The Hall–Kier alpha value is -0.670. The van der Waals surface area contributed by atoms with Gasteiger partial charge in [-0.05, 0) is 0 Å². The normalized spacial score (nSPS) is 31.8. The van der Waals surface area contributed by atoms with Crippen LogP contribution in [0.1, 0.15) is 6.23 Å². The molecule has 0 amide bonds. The summed E-state index contributed by atoms with van der Waals surface area (Å²) in [5.74, 6) is 0. The summed E-state index contributed by atoms with van der Waals surface area (Å²) < 4.78 is 6.39. The van der Waals surface area contributed by atoms with Gasteiger partial charge in [0.1, 0.15) is 11.1 Å². The number of aromatic nitrogens is 2. The summed E-state index contributed by atoms with van der Waals surface area (Å²) in [5, 5.41) is 18.6. The summed E-state index contributed by atoms with van der Waals surface area (Å²) in [6.45, 7) is -0.383. The Morgan fingerprint density at radius 3 is 2.78 bits per heavy atom. The highest BCUT2D eigenvalue weighted by atomic mass is 79.9. The van der Waals surface area contributed by atoms with E-state index in [9.17, 15) is 14.7 Å². The van der Waals surface area contributed by atoms with E-state index in [2.05, 4.69) is 15.9 Å². The molecule has 2 rings (SSSR count). The second-order valence-corrected chi connectivity index (χ2v) is 5.29. The first-order valence-electron chi connectivity index (χ1n) is 5.05. The molecule has 0 saturated carbocycles. The van der Waals surface area contributed by atoms with E-state index in [1.165, 1.54) is 0 Å². The summed E-state index contributed by atoms with van der Waals surface area (Å²) in [6, 6.07) is 0. The molecule has 1 aliphatic heterocycles. The van der Waals surface area contributed by atoms with Crippen molar-refractivity contribution >= 4 is 27.5 Å². The van der Waals surface area contributed by atoms with Crippen molar-refractivity contribution in [3.8, 4) is 0 Å². The fourth-order valence-electron chi connectivity index (χ4n) is 1.73. The Labute approximate surface area is 114 Å². The van der Waals surface area contributed by atoms with Crippen molar-refractivity contribution in [2.45, 2.75) is 23.3 Å². The number of aliphatic hydroxyl groups excluding tert-OH is 2. The summed E-state index contributed by atoms with van der Waals surface area (Å²) in [7, 11) is 0. The van der Waals surface area contributed by atoms with Crippen LogP contribution in [0.5, 0.6) is 0 Å². The maximum atomic E-state index is 11.6. The fourth-order valence-corrected chi connectivity index (χ4v) is 2.60. The van der Waals surface area contributed by atoms with E-state index < -0.39 is 34.5 Å². The second-order valence-electron chi connectivity index (χ2n) is 3.83. The summed E-state index contributed by atoms with van der Waals surface area (Å²) in [4.78, 5) is 24.2. The van der Waals surface area contributed by atoms with E-state index in [1.807, 2.05) is 4.98 Å². The number of aromatic amines is 1. The van der Waals surface area contributed by atoms with Crippen LogP contribution in [-0.2, 0) is 4.74 Å². The number of rotatable bonds is 2. The van der Waals surface area contributed by atoms with Gasteiger partial charge in [0, 0.05) is 6.20 Å². The monoisotopic (exact) mass is 340 g/mol. The first-order chi connectivity index (χ1) is 8.45. The molecule has 0 radical (unpaired) electrons. The molecule has 1 aromatic rings. The zero-order valence-corrected chi connectivity index (χ0v) is 11.3. The third kappa shape index (κ3) is 2.26. The molecule has 0 aromatic carbocycles. The van der Waals surface area contributed by atoms with Crippen LogP contribution in [-0.4, -0.2) is 43.4 Å². The molecule has 3 N–H and O–H groups in total. The molecule has 0 aliphatic carbocycles. The van der Waals surface area contributed by atoms with Gasteiger partial charge >= 0.3 is 5.69 Å². The van der Waals surface area contributed by atoms with Crippen LogP contribution in [0.3, 0.4) is 0 Å². The zero-order chi connectivity index (χ0) is 13.4. The van der Waals surface area contributed by atoms with Gasteiger partial charge in [0.05, 0.1) is 17.5 Å². The molecule has 0 spiro atoms. The highest BCUT2D eigenvalue weighted by molar-refractivity contribution is 9.09. The zero-order valence-electron chi connectivity index (χ0n) is 8.92. The smallest absolute Gasteiger partial charge is 0.330 e. The van der Waals surface area contributed by atoms with E-state index in [0.29, 0.717) is 0 Å². The molecular weight excluding hydrogens is 331 g/mol. The molecule has 0 unspecified atom stereocenters. The molecular formula is C9H10BrClN2O5. The third-order valence-corrected chi connectivity index (χ3v) is 3.94. The van der Waals surface area contributed by atoms with Gasteiger partial charge in [0.15, 0.2) is 6.23 Å². The van der Waals surface area contributed by atoms with E-state index in [1.54, 1.807) is 0 Å². The van der Waals surface area contributed by atoms with Crippen LogP contribution in [0.2, 0.25) is 5.02 Å². The van der Waals surface area contributed by atoms with Crippen molar-refractivity contribution in [1.82, 2.24) is 9.55 Å². The van der Waals surface area contributed by atoms with E-state index >= 15 is 0 Å². The average Bonchev–Trinajstić information content (AvgIpc) is 2.61. The van der Waals surface area contributed by atoms with Gasteiger partial charge in [-0.3, -0.25) is 14.3 Å². The first-order valence-corrected chi connectivity index (χ1v) is 6.34. The summed E-state index contributed by atoms with van der Waals surface area (Å²) in [5.41, 5.74) is -1.40. The Morgan fingerprint density at radius 2 is 2.22 bits per heavy atom. The third-order valence-electron chi connectivity index (χ3n) is 2.67. The highest BCUT2D eigenvalue weighted by Gasteiger charge is 2.43. The molecule has 0 bridgehead atoms. The van der Waals surface area contributed by atoms with Gasteiger partial charge in [-0.1, -0.05) is 27.5 Å². The molecule has 1 fully saturated rings. The van der Waals surface area contributed by atoms with Crippen LogP contribution in [0.4, 0.5) is 0 Å². The molecule has 2 heterocycles. The van der Waals surface area contributed by atoms with Crippen molar-refractivity contribution in [3.05, 3.63) is 32.1 Å². The van der Waals surface area contributed by atoms with Crippen LogP contribution in [0.15, 0.2) is 15.8 Å². The van der Waals surface area contributed by atoms with E-state index in [4.69, 9.17) is 21.4 Å². The van der Waals surface area contributed by atoms with Gasteiger partial charge in [-0.25, -0.2) is 4.79 Å². The SMILES string of the molecule is O=c1[nH]c(=O)n([C@@H]2O[C@H](CO)[C@@H](O)[C@H]2Br)cc1Cl. The second kappa shape index (κ2) is 5.14. The molecule has 1 saturated heterocycles. The van der Waals surface area contributed by atoms with Crippen LogP contribution in [0.25, 0.3) is 0 Å². The van der Waals surface area contributed by atoms with Crippen molar-refractivity contribution in [3.63, 3.8) is 0 Å². The lowest BCUT2D eigenvalue weighted by atomic mass is 10.2. The minimum atomic E-state index is -0.974. The standard InChI is InChI=1S/C9H10BrClN2O5/c10-5-6(15)4(2-14)18-8(5)13-1-3(11)7(16)12-9(13)17/h1,4-6,8,14-15H,2H2,(H,12,16,17)/t4-,5-,6-,8-/m1/s1. The number of alkyl halides is 1. The Morgan fingerprint density at radius 1 is 1.56 bits per heavy atom. The van der Waals surface area contributed by atoms with Gasteiger partial charge < -0.3 is 14.9 Å².